The van der Waals surface area contributed by atoms with Gasteiger partial charge in [-0.3, -0.25) is 4.79 Å². The summed E-state index contributed by atoms with van der Waals surface area (Å²) in [7, 11) is 0. The van der Waals surface area contributed by atoms with Gasteiger partial charge in [0.2, 0.25) is 0 Å². The van der Waals surface area contributed by atoms with E-state index >= 15 is 0 Å². The van der Waals surface area contributed by atoms with E-state index in [4.69, 9.17) is 11.6 Å². The van der Waals surface area contributed by atoms with E-state index in [0.29, 0.717) is 3.57 Å². The van der Waals surface area contributed by atoms with Gasteiger partial charge in [0.15, 0.2) is 5.78 Å². The highest BCUT2D eigenvalue weighted by atomic mass is 127. The Morgan fingerprint density at radius 1 is 1.31 bits per heavy atom. The Morgan fingerprint density at radius 3 is 2.44 bits per heavy atom. The summed E-state index contributed by atoms with van der Waals surface area (Å²) in [5, 5.41) is 0. The first-order chi connectivity index (χ1) is 7.34. The van der Waals surface area contributed by atoms with E-state index in [1.807, 2.05) is 0 Å². The second-order valence-corrected chi connectivity index (χ2v) is 4.71. The molecular formula is C10H7ClF3IO. The van der Waals surface area contributed by atoms with Crippen LogP contribution in [0, 0.1) is 3.57 Å². The average Bonchev–Trinajstić information content (AvgIpc) is 2.16. The third-order valence-corrected chi connectivity index (χ3v) is 2.68. The summed E-state index contributed by atoms with van der Waals surface area (Å²) in [5.41, 5.74) is -0.753. The van der Waals surface area contributed by atoms with Gasteiger partial charge in [-0.2, -0.15) is 13.2 Å². The molecule has 1 rings (SSSR count). The Kier molecular flexibility index (Phi) is 4.61. The molecule has 0 aliphatic carbocycles. The maximum Gasteiger partial charge on any atom is 0.416 e. The quantitative estimate of drug-likeness (QED) is 0.449. The molecule has 0 spiro atoms. The molecule has 0 N–H and O–H groups in total. The molecule has 0 amide bonds. The van der Waals surface area contributed by atoms with Crippen molar-refractivity contribution in [2.45, 2.75) is 12.6 Å². The number of alkyl halides is 4. The van der Waals surface area contributed by atoms with E-state index < -0.39 is 11.7 Å². The number of carbonyl (C=O) groups is 1. The number of Topliss-reactive ketones (excluding diaryl/α,β-unsaturated/α-hetero) is 1. The van der Waals surface area contributed by atoms with Crippen molar-refractivity contribution in [2.75, 3.05) is 5.88 Å². The molecule has 0 heterocycles. The van der Waals surface area contributed by atoms with Gasteiger partial charge in [0.25, 0.3) is 0 Å². The zero-order chi connectivity index (χ0) is 12.3. The predicted octanol–water partition coefficient (Wildman–Crippen LogP) is 4.12. The van der Waals surface area contributed by atoms with E-state index in [2.05, 4.69) is 0 Å². The summed E-state index contributed by atoms with van der Waals surface area (Å²) in [6.45, 7) is 0. The van der Waals surface area contributed by atoms with Crippen molar-refractivity contribution < 1.29 is 18.0 Å². The van der Waals surface area contributed by atoms with Gasteiger partial charge in [-0.05, 0) is 40.8 Å². The molecule has 6 heteroatoms. The number of rotatable bonds is 3. The van der Waals surface area contributed by atoms with Crippen LogP contribution in [-0.2, 0) is 6.18 Å². The number of halogens is 5. The third-order valence-electron chi connectivity index (χ3n) is 1.87. The first-order valence-electron chi connectivity index (χ1n) is 4.31. The van der Waals surface area contributed by atoms with Gasteiger partial charge in [-0.15, -0.1) is 11.6 Å². The van der Waals surface area contributed by atoms with E-state index in [-0.39, 0.29) is 23.6 Å². The average molecular weight is 363 g/mol. The van der Waals surface area contributed by atoms with Gasteiger partial charge in [-0.1, -0.05) is 0 Å². The largest absolute Gasteiger partial charge is 0.416 e. The zero-order valence-electron chi connectivity index (χ0n) is 7.94. The van der Waals surface area contributed by atoms with Crippen molar-refractivity contribution in [1.82, 2.24) is 0 Å². The van der Waals surface area contributed by atoms with Gasteiger partial charge in [0.05, 0.1) is 5.56 Å². The summed E-state index contributed by atoms with van der Waals surface area (Å²) in [4.78, 5) is 11.4. The Labute approximate surface area is 109 Å². The van der Waals surface area contributed by atoms with Gasteiger partial charge >= 0.3 is 6.18 Å². The van der Waals surface area contributed by atoms with Crippen LogP contribution in [0.1, 0.15) is 22.3 Å². The molecule has 0 saturated carbocycles. The minimum atomic E-state index is -4.43. The molecule has 0 bridgehead atoms. The lowest BCUT2D eigenvalue weighted by Crippen LogP contribution is -2.08. The van der Waals surface area contributed by atoms with Crippen LogP contribution in [0.15, 0.2) is 18.2 Å². The lowest BCUT2D eigenvalue weighted by atomic mass is 10.1. The van der Waals surface area contributed by atoms with E-state index in [9.17, 15) is 18.0 Å². The molecule has 0 saturated heterocycles. The van der Waals surface area contributed by atoms with Crippen molar-refractivity contribution >= 4 is 40.0 Å². The van der Waals surface area contributed by atoms with E-state index in [1.165, 1.54) is 6.07 Å². The number of benzene rings is 1. The van der Waals surface area contributed by atoms with Crippen LogP contribution in [0.2, 0.25) is 0 Å². The lowest BCUT2D eigenvalue weighted by molar-refractivity contribution is -0.137. The minimum Gasteiger partial charge on any atom is -0.294 e. The fourth-order valence-electron chi connectivity index (χ4n) is 1.14. The Hall–Kier alpha value is -0.300. The summed E-state index contributed by atoms with van der Waals surface area (Å²) in [6.07, 6.45) is -4.39. The monoisotopic (exact) mass is 362 g/mol. The molecule has 0 unspecified atom stereocenters. The number of hydrogen-bond donors (Lipinski definition) is 0. The van der Waals surface area contributed by atoms with Crippen LogP contribution in [0.5, 0.6) is 0 Å². The van der Waals surface area contributed by atoms with E-state index in [1.54, 1.807) is 22.6 Å². The van der Waals surface area contributed by atoms with Crippen LogP contribution in [0.25, 0.3) is 0 Å². The molecule has 0 aromatic heterocycles. The molecule has 0 radical (unpaired) electrons. The highest BCUT2D eigenvalue weighted by molar-refractivity contribution is 14.1. The van der Waals surface area contributed by atoms with Gasteiger partial charge in [0, 0.05) is 21.4 Å². The molecule has 88 valence electrons. The Morgan fingerprint density at radius 2 is 1.94 bits per heavy atom. The van der Waals surface area contributed by atoms with Crippen LogP contribution in [0.3, 0.4) is 0 Å². The number of ketones is 1. The Balaban J connectivity index is 3.13. The number of hydrogen-bond acceptors (Lipinski definition) is 1. The summed E-state index contributed by atoms with van der Waals surface area (Å²) >= 11 is 7.12. The van der Waals surface area contributed by atoms with Crippen molar-refractivity contribution in [1.29, 1.82) is 0 Å². The first kappa shape index (κ1) is 13.8. The molecule has 0 atom stereocenters. The summed E-state index contributed by atoms with van der Waals surface area (Å²) in [5.74, 6) is -0.273. The van der Waals surface area contributed by atoms with Gasteiger partial charge in [-0.25, -0.2) is 0 Å². The molecule has 1 aromatic rings. The summed E-state index contributed by atoms with van der Waals surface area (Å²) < 4.78 is 37.7. The van der Waals surface area contributed by atoms with E-state index in [0.717, 1.165) is 12.1 Å². The lowest BCUT2D eigenvalue weighted by Gasteiger charge is -2.09. The second-order valence-electron chi connectivity index (χ2n) is 3.09. The molecule has 16 heavy (non-hydrogen) atoms. The molecule has 0 aliphatic heterocycles. The van der Waals surface area contributed by atoms with Crippen LogP contribution < -0.4 is 0 Å². The maximum atomic E-state index is 12.5. The fourth-order valence-corrected chi connectivity index (χ4v) is 1.99. The van der Waals surface area contributed by atoms with Crippen molar-refractivity contribution in [2.24, 2.45) is 0 Å². The van der Waals surface area contributed by atoms with Crippen LogP contribution in [-0.4, -0.2) is 11.7 Å². The van der Waals surface area contributed by atoms with Crippen molar-refractivity contribution in [3.63, 3.8) is 0 Å². The smallest absolute Gasteiger partial charge is 0.294 e. The molecule has 0 aliphatic rings. The first-order valence-corrected chi connectivity index (χ1v) is 5.93. The minimum absolute atomic E-state index is 0.0406. The van der Waals surface area contributed by atoms with Crippen molar-refractivity contribution in [3.05, 3.63) is 32.9 Å². The van der Waals surface area contributed by atoms with Crippen LogP contribution in [0.4, 0.5) is 13.2 Å². The van der Waals surface area contributed by atoms with Crippen LogP contribution >= 0.6 is 34.2 Å². The van der Waals surface area contributed by atoms with Crippen molar-refractivity contribution in [3.8, 4) is 0 Å². The standard InChI is InChI=1S/C10H7ClF3IO/c11-2-1-9(16)6-3-7(10(12,13)14)5-8(15)4-6/h3-5H,1-2H2. The third kappa shape index (κ3) is 3.62. The Bertz CT molecular complexity index is 404. The molecular weight excluding hydrogens is 355 g/mol. The fraction of sp³-hybridized carbons (Fsp3) is 0.300. The van der Waals surface area contributed by atoms with Gasteiger partial charge < -0.3 is 0 Å². The summed E-state index contributed by atoms with van der Waals surface area (Å²) in [6, 6.07) is 3.28. The topological polar surface area (TPSA) is 17.1 Å². The predicted molar refractivity (Wildman–Crippen MR) is 63.8 cm³/mol. The zero-order valence-corrected chi connectivity index (χ0v) is 10.9. The highest BCUT2D eigenvalue weighted by Crippen LogP contribution is 2.31. The highest BCUT2D eigenvalue weighted by Gasteiger charge is 2.31. The second kappa shape index (κ2) is 5.35. The van der Waals surface area contributed by atoms with Gasteiger partial charge in [0.1, 0.15) is 0 Å². The molecule has 0 fully saturated rings. The maximum absolute atomic E-state index is 12.5. The number of carbonyl (C=O) groups excluding carboxylic acids is 1. The molecule has 1 aromatic carbocycles. The molecule has 1 nitrogen and oxygen atoms in total. The normalized spacial score (nSPS) is 11.6. The SMILES string of the molecule is O=C(CCCl)c1cc(I)cc(C(F)(F)F)c1.